The Balaban J connectivity index is 1.48. The van der Waals surface area contributed by atoms with Gasteiger partial charge < -0.3 is 19.9 Å². The van der Waals surface area contributed by atoms with E-state index in [1.165, 1.54) is 11.3 Å². The van der Waals surface area contributed by atoms with Gasteiger partial charge in [-0.2, -0.15) is 0 Å². The third kappa shape index (κ3) is 7.48. The van der Waals surface area contributed by atoms with E-state index < -0.39 is 0 Å². The average Bonchev–Trinajstić information content (AvgIpc) is 3.24. The molecule has 6 nitrogen and oxygen atoms in total. The van der Waals surface area contributed by atoms with Crippen LogP contribution >= 0.6 is 23.6 Å². The number of rotatable bonds is 8. The van der Waals surface area contributed by atoms with Gasteiger partial charge >= 0.3 is 0 Å². The van der Waals surface area contributed by atoms with E-state index in [1.54, 1.807) is 11.3 Å². The Morgan fingerprint density at radius 2 is 2.03 bits per heavy atom. The molecule has 1 aromatic heterocycles. The third-order valence-electron chi connectivity index (χ3n) is 5.83. The highest BCUT2D eigenvalue weighted by Gasteiger charge is 2.25. The van der Waals surface area contributed by atoms with E-state index in [2.05, 4.69) is 46.5 Å². The van der Waals surface area contributed by atoms with E-state index in [4.69, 9.17) is 17.0 Å². The van der Waals surface area contributed by atoms with Crippen LogP contribution in [0.15, 0.2) is 17.5 Å². The van der Waals surface area contributed by atoms with Gasteiger partial charge in [-0.1, -0.05) is 19.9 Å². The number of likely N-dealkylation sites (tertiary alicyclic amines) is 1. The number of amides is 1. The lowest BCUT2D eigenvalue weighted by Gasteiger charge is -2.35. The fourth-order valence-corrected chi connectivity index (χ4v) is 5.34. The van der Waals surface area contributed by atoms with E-state index in [-0.39, 0.29) is 12.5 Å². The molecule has 0 saturated carbocycles. The Kier molecular flexibility index (Phi) is 9.36. The molecular weight excluding hydrogens is 416 g/mol. The molecule has 0 radical (unpaired) electrons. The lowest BCUT2D eigenvalue weighted by atomic mass is 9.92. The topological polar surface area (TPSA) is 48.1 Å². The molecule has 3 heterocycles. The molecule has 2 aliphatic rings. The summed E-state index contributed by atoms with van der Waals surface area (Å²) < 4.78 is 5.44. The zero-order valence-corrected chi connectivity index (χ0v) is 20.0. The molecule has 2 atom stereocenters. The average molecular weight is 453 g/mol. The van der Waals surface area contributed by atoms with Gasteiger partial charge in [0.05, 0.1) is 26.3 Å². The molecular formula is C22H36N4O2S2. The molecule has 30 heavy (non-hydrogen) atoms. The van der Waals surface area contributed by atoms with Gasteiger partial charge in [-0.25, -0.2) is 0 Å². The van der Waals surface area contributed by atoms with Crippen molar-refractivity contribution >= 4 is 34.6 Å². The molecule has 0 bridgehead atoms. The van der Waals surface area contributed by atoms with E-state index in [0.717, 1.165) is 65.4 Å². The van der Waals surface area contributed by atoms with Crippen LogP contribution in [0.1, 0.15) is 31.6 Å². The smallest absolute Gasteiger partial charge is 0.241 e. The Morgan fingerprint density at radius 1 is 1.30 bits per heavy atom. The standard InChI is InChI=1S/C22H36N4O2S2/c1-18-13-19(2)16-26(15-18)21(27)14-23-22(29)25(17-20-5-3-12-30-20)7-4-6-24-8-10-28-11-9-24/h3,5,12,18-19H,4,6-11,13-17H2,1-2H3,(H,23,29)/t18-,19-/m0/s1. The number of nitrogens with zero attached hydrogens (tertiary/aromatic N) is 3. The van der Waals surface area contributed by atoms with Gasteiger partial charge in [-0.3, -0.25) is 9.69 Å². The monoisotopic (exact) mass is 452 g/mol. The number of thiocarbonyl (C=S) groups is 1. The summed E-state index contributed by atoms with van der Waals surface area (Å²) >= 11 is 7.45. The Hall–Kier alpha value is -1.22. The van der Waals surface area contributed by atoms with Crippen molar-refractivity contribution in [3.05, 3.63) is 22.4 Å². The maximum absolute atomic E-state index is 12.7. The van der Waals surface area contributed by atoms with Crippen molar-refractivity contribution in [2.45, 2.75) is 33.2 Å². The van der Waals surface area contributed by atoms with Crippen molar-refractivity contribution in [2.75, 3.05) is 59.0 Å². The van der Waals surface area contributed by atoms with Gasteiger partial charge in [-0.15, -0.1) is 11.3 Å². The first-order valence-corrected chi connectivity index (χ1v) is 12.4. The quantitative estimate of drug-likeness (QED) is 0.612. The zero-order chi connectivity index (χ0) is 21.3. The maximum Gasteiger partial charge on any atom is 0.241 e. The van der Waals surface area contributed by atoms with Gasteiger partial charge in [0, 0.05) is 44.1 Å². The number of nitrogens with one attached hydrogen (secondary N) is 1. The Bertz CT molecular complexity index is 654. The molecule has 2 aliphatic heterocycles. The number of carbonyl (C=O) groups is 1. The maximum atomic E-state index is 12.7. The SMILES string of the molecule is C[C@H]1C[C@H](C)CN(C(=O)CNC(=S)N(CCCN2CCOCC2)Cc2cccs2)C1. The minimum Gasteiger partial charge on any atom is -0.379 e. The number of carbonyl (C=O) groups excluding carboxylic acids is 1. The van der Waals surface area contributed by atoms with Gasteiger partial charge in [0.25, 0.3) is 0 Å². The largest absolute Gasteiger partial charge is 0.379 e. The van der Waals surface area contributed by atoms with Crippen LogP contribution in [0.25, 0.3) is 0 Å². The highest BCUT2D eigenvalue weighted by atomic mass is 32.1. The molecule has 0 aliphatic carbocycles. The van der Waals surface area contributed by atoms with Gasteiger partial charge in [0.15, 0.2) is 5.11 Å². The fourth-order valence-electron chi connectivity index (χ4n) is 4.39. The lowest BCUT2D eigenvalue weighted by molar-refractivity contribution is -0.132. The van der Waals surface area contributed by atoms with Crippen molar-refractivity contribution in [1.82, 2.24) is 20.0 Å². The van der Waals surface area contributed by atoms with Crippen LogP contribution in [-0.2, 0) is 16.1 Å². The Labute approximate surface area is 190 Å². The summed E-state index contributed by atoms with van der Waals surface area (Å²) in [7, 11) is 0. The van der Waals surface area contributed by atoms with Crippen LogP contribution < -0.4 is 5.32 Å². The second kappa shape index (κ2) is 12.0. The van der Waals surface area contributed by atoms with Crippen LogP contribution in [0.4, 0.5) is 0 Å². The summed E-state index contributed by atoms with van der Waals surface area (Å²) in [4.78, 5) is 20.7. The summed E-state index contributed by atoms with van der Waals surface area (Å²) in [6.07, 6.45) is 2.25. The molecule has 0 aromatic carbocycles. The molecule has 2 saturated heterocycles. The number of morpholine rings is 1. The van der Waals surface area contributed by atoms with E-state index in [1.807, 2.05) is 4.90 Å². The van der Waals surface area contributed by atoms with Crippen LogP contribution in [-0.4, -0.2) is 84.7 Å². The minimum absolute atomic E-state index is 0.153. The van der Waals surface area contributed by atoms with Crippen LogP contribution in [0, 0.1) is 11.8 Å². The molecule has 3 rings (SSSR count). The van der Waals surface area contributed by atoms with Gasteiger partial charge in [0.2, 0.25) is 5.91 Å². The molecule has 168 valence electrons. The second-order valence-electron chi connectivity index (χ2n) is 8.71. The zero-order valence-electron chi connectivity index (χ0n) is 18.3. The predicted octanol–water partition coefficient (Wildman–Crippen LogP) is 2.65. The van der Waals surface area contributed by atoms with Crippen LogP contribution in [0.5, 0.6) is 0 Å². The van der Waals surface area contributed by atoms with Crippen molar-refractivity contribution in [3.63, 3.8) is 0 Å². The highest BCUT2D eigenvalue weighted by Crippen LogP contribution is 2.20. The first-order chi connectivity index (χ1) is 14.5. The first kappa shape index (κ1) is 23.4. The van der Waals surface area contributed by atoms with Crippen molar-refractivity contribution in [2.24, 2.45) is 11.8 Å². The van der Waals surface area contributed by atoms with Crippen molar-refractivity contribution < 1.29 is 9.53 Å². The molecule has 1 amide bonds. The molecule has 1 N–H and O–H groups in total. The molecule has 8 heteroatoms. The van der Waals surface area contributed by atoms with Gasteiger partial charge in [-0.05, 0) is 48.3 Å². The second-order valence-corrected chi connectivity index (χ2v) is 10.1. The van der Waals surface area contributed by atoms with Gasteiger partial charge in [0.1, 0.15) is 0 Å². The molecule has 1 aromatic rings. The lowest BCUT2D eigenvalue weighted by Crippen LogP contribution is -2.49. The van der Waals surface area contributed by atoms with E-state index in [9.17, 15) is 4.79 Å². The number of hydrogen-bond acceptors (Lipinski definition) is 5. The summed E-state index contributed by atoms with van der Waals surface area (Å²) in [5.41, 5.74) is 0. The Morgan fingerprint density at radius 3 is 2.70 bits per heavy atom. The normalized spacial score (nSPS) is 22.7. The number of hydrogen-bond donors (Lipinski definition) is 1. The van der Waals surface area contributed by atoms with E-state index in [0.29, 0.717) is 16.9 Å². The number of thiophene rings is 1. The number of piperidine rings is 1. The van der Waals surface area contributed by atoms with Crippen LogP contribution in [0.3, 0.4) is 0 Å². The summed E-state index contributed by atoms with van der Waals surface area (Å²) in [5.74, 6) is 1.29. The number of ether oxygens (including phenoxy) is 1. The minimum atomic E-state index is 0.153. The van der Waals surface area contributed by atoms with Crippen molar-refractivity contribution in [3.8, 4) is 0 Å². The third-order valence-corrected chi connectivity index (χ3v) is 7.10. The highest BCUT2D eigenvalue weighted by molar-refractivity contribution is 7.80. The van der Waals surface area contributed by atoms with Crippen molar-refractivity contribution in [1.29, 1.82) is 0 Å². The summed E-state index contributed by atoms with van der Waals surface area (Å²) in [6.45, 7) is 12.8. The van der Waals surface area contributed by atoms with Crippen LogP contribution in [0.2, 0.25) is 0 Å². The summed E-state index contributed by atoms with van der Waals surface area (Å²) in [5, 5.41) is 6.02. The molecule has 2 fully saturated rings. The first-order valence-electron chi connectivity index (χ1n) is 11.1. The molecule has 0 spiro atoms. The van der Waals surface area contributed by atoms with E-state index >= 15 is 0 Å². The fraction of sp³-hybridized carbons (Fsp3) is 0.727. The summed E-state index contributed by atoms with van der Waals surface area (Å²) in [6, 6.07) is 4.22. The predicted molar refractivity (Wildman–Crippen MR) is 127 cm³/mol. The molecule has 0 unspecified atom stereocenters.